The zero-order valence-electron chi connectivity index (χ0n) is 13.2. The van der Waals surface area contributed by atoms with E-state index in [0.717, 1.165) is 5.75 Å². The number of methoxy groups -OCH3 is 1. The van der Waals surface area contributed by atoms with Crippen molar-refractivity contribution in [3.8, 4) is 17.2 Å². The van der Waals surface area contributed by atoms with Gasteiger partial charge < -0.3 is 25.3 Å². The fourth-order valence-electron chi connectivity index (χ4n) is 1.92. The van der Waals surface area contributed by atoms with Crippen molar-refractivity contribution in [2.75, 3.05) is 31.4 Å². The molecule has 0 saturated heterocycles. The summed E-state index contributed by atoms with van der Waals surface area (Å²) < 4.78 is 15.8. The molecule has 0 saturated carbocycles. The van der Waals surface area contributed by atoms with Gasteiger partial charge in [0.2, 0.25) is 0 Å². The van der Waals surface area contributed by atoms with Crippen LogP contribution in [0.1, 0.15) is 6.92 Å². The van der Waals surface area contributed by atoms with E-state index in [0.29, 0.717) is 29.5 Å². The van der Waals surface area contributed by atoms with E-state index in [4.69, 9.17) is 19.9 Å². The van der Waals surface area contributed by atoms with Crippen molar-refractivity contribution < 1.29 is 19.0 Å². The van der Waals surface area contributed by atoms with E-state index < -0.39 is 0 Å². The molecule has 0 aliphatic heterocycles. The molecule has 2 aromatic rings. The van der Waals surface area contributed by atoms with Gasteiger partial charge >= 0.3 is 0 Å². The first-order valence-electron chi connectivity index (χ1n) is 7.21. The van der Waals surface area contributed by atoms with E-state index in [2.05, 4.69) is 5.32 Å². The molecule has 0 atom stereocenters. The lowest BCUT2D eigenvalue weighted by molar-refractivity contribution is -0.118. The number of benzene rings is 2. The third-order valence-electron chi connectivity index (χ3n) is 3.04. The Morgan fingerprint density at radius 1 is 1.04 bits per heavy atom. The summed E-state index contributed by atoms with van der Waals surface area (Å²) in [7, 11) is 1.55. The van der Waals surface area contributed by atoms with Crippen LogP contribution in [0.3, 0.4) is 0 Å². The molecule has 122 valence electrons. The second kappa shape index (κ2) is 7.93. The maximum Gasteiger partial charge on any atom is 0.262 e. The molecule has 2 aromatic carbocycles. The highest BCUT2D eigenvalue weighted by Crippen LogP contribution is 2.24. The number of nitrogens with two attached hydrogens (primary N) is 1. The average Bonchev–Trinajstić information content (AvgIpc) is 2.56. The van der Waals surface area contributed by atoms with Gasteiger partial charge in [0, 0.05) is 6.07 Å². The lowest BCUT2D eigenvalue weighted by Crippen LogP contribution is -2.20. The number of anilines is 2. The van der Waals surface area contributed by atoms with E-state index in [1.807, 2.05) is 6.92 Å². The van der Waals surface area contributed by atoms with Gasteiger partial charge in [-0.05, 0) is 43.3 Å². The number of hydrogen-bond donors (Lipinski definition) is 2. The summed E-state index contributed by atoms with van der Waals surface area (Å²) >= 11 is 0. The van der Waals surface area contributed by atoms with Gasteiger partial charge in [-0.2, -0.15) is 0 Å². The predicted octanol–water partition coefficient (Wildman–Crippen LogP) is 2.69. The van der Waals surface area contributed by atoms with E-state index in [1.165, 1.54) is 0 Å². The molecule has 0 aliphatic rings. The maximum atomic E-state index is 11.9. The normalized spacial score (nSPS) is 10.0. The summed E-state index contributed by atoms with van der Waals surface area (Å²) in [5, 5.41) is 2.69. The first kappa shape index (κ1) is 16.5. The summed E-state index contributed by atoms with van der Waals surface area (Å²) in [5.41, 5.74) is 6.80. The number of hydrogen-bond acceptors (Lipinski definition) is 5. The van der Waals surface area contributed by atoms with Gasteiger partial charge in [0.1, 0.15) is 17.2 Å². The van der Waals surface area contributed by atoms with E-state index in [-0.39, 0.29) is 12.5 Å². The SMILES string of the molecule is CCOc1ccc(OCC(=O)Nc2ccc(OC)cc2N)cc1. The number of ether oxygens (including phenoxy) is 3. The molecule has 0 radical (unpaired) electrons. The molecule has 0 bridgehead atoms. The Labute approximate surface area is 135 Å². The van der Waals surface area contributed by atoms with Crippen LogP contribution >= 0.6 is 0 Å². The first-order chi connectivity index (χ1) is 11.1. The molecule has 1 amide bonds. The Bertz CT molecular complexity index is 656. The molecule has 6 nitrogen and oxygen atoms in total. The highest BCUT2D eigenvalue weighted by molar-refractivity contribution is 5.95. The molecule has 3 N–H and O–H groups in total. The summed E-state index contributed by atoms with van der Waals surface area (Å²) in [6, 6.07) is 12.1. The van der Waals surface area contributed by atoms with Gasteiger partial charge in [-0.25, -0.2) is 0 Å². The van der Waals surface area contributed by atoms with E-state index in [1.54, 1.807) is 49.6 Å². The molecule has 0 spiro atoms. The molecule has 0 unspecified atom stereocenters. The van der Waals surface area contributed by atoms with Gasteiger partial charge in [0.25, 0.3) is 5.91 Å². The highest BCUT2D eigenvalue weighted by Gasteiger charge is 2.07. The van der Waals surface area contributed by atoms with Crippen molar-refractivity contribution in [3.05, 3.63) is 42.5 Å². The summed E-state index contributed by atoms with van der Waals surface area (Å²) in [6.45, 7) is 2.41. The number of nitrogen functional groups attached to an aromatic ring is 1. The van der Waals surface area contributed by atoms with Crippen LogP contribution in [0, 0.1) is 0 Å². The van der Waals surface area contributed by atoms with Gasteiger partial charge in [0.15, 0.2) is 6.61 Å². The number of amides is 1. The molecule has 0 aliphatic carbocycles. The van der Waals surface area contributed by atoms with Crippen molar-refractivity contribution >= 4 is 17.3 Å². The molecular formula is C17H20N2O4. The van der Waals surface area contributed by atoms with Crippen LogP contribution in [-0.4, -0.2) is 26.2 Å². The average molecular weight is 316 g/mol. The van der Waals surface area contributed by atoms with Crippen LogP contribution in [0.2, 0.25) is 0 Å². The predicted molar refractivity (Wildman–Crippen MR) is 89.1 cm³/mol. The van der Waals surface area contributed by atoms with Gasteiger partial charge in [0.05, 0.1) is 25.1 Å². The second-order valence-electron chi connectivity index (χ2n) is 4.69. The summed E-state index contributed by atoms with van der Waals surface area (Å²) in [5.74, 6) is 1.68. The minimum atomic E-state index is -0.296. The number of nitrogens with one attached hydrogen (secondary N) is 1. The van der Waals surface area contributed by atoms with Crippen molar-refractivity contribution in [2.24, 2.45) is 0 Å². The lowest BCUT2D eigenvalue weighted by atomic mass is 10.2. The molecule has 6 heteroatoms. The number of carbonyl (C=O) groups is 1. The largest absolute Gasteiger partial charge is 0.497 e. The van der Waals surface area contributed by atoms with Gasteiger partial charge in [-0.3, -0.25) is 4.79 Å². The quantitative estimate of drug-likeness (QED) is 0.767. The van der Waals surface area contributed by atoms with Crippen LogP contribution < -0.4 is 25.3 Å². The molecular weight excluding hydrogens is 296 g/mol. The molecule has 0 aromatic heterocycles. The lowest BCUT2D eigenvalue weighted by Gasteiger charge is -2.11. The molecule has 0 fully saturated rings. The topological polar surface area (TPSA) is 82.8 Å². The highest BCUT2D eigenvalue weighted by atomic mass is 16.5. The van der Waals surface area contributed by atoms with Crippen molar-refractivity contribution in [3.63, 3.8) is 0 Å². The van der Waals surface area contributed by atoms with E-state index >= 15 is 0 Å². The van der Waals surface area contributed by atoms with Crippen molar-refractivity contribution in [1.82, 2.24) is 0 Å². The van der Waals surface area contributed by atoms with Crippen LogP contribution in [0.15, 0.2) is 42.5 Å². The zero-order chi connectivity index (χ0) is 16.7. The van der Waals surface area contributed by atoms with Crippen LogP contribution in [0.5, 0.6) is 17.2 Å². The maximum absolute atomic E-state index is 11.9. The van der Waals surface area contributed by atoms with Crippen molar-refractivity contribution in [2.45, 2.75) is 6.92 Å². The van der Waals surface area contributed by atoms with E-state index in [9.17, 15) is 4.79 Å². The van der Waals surface area contributed by atoms with Gasteiger partial charge in [-0.1, -0.05) is 0 Å². The van der Waals surface area contributed by atoms with Gasteiger partial charge in [-0.15, -0.1) is 0 Å². The Morgan fingerprint density at radius 3 is 2.22 bits per heavy atom. The minimum absolute atomic E-state index is 0.112. The standard InChI is InChI=1S/C17H20N2O4/c1-3-22-12-4-6-13(7-5-12)23-11-17(20)19-16-9-8-14(21-2)10-15(16)18/h4-10H,3,11,18H2,1-2H3,(H,19,20). The van der Waals surface area contributed by atoms with Crippen molar-refractivity contribution in [1.29, 1.82) is 0 Å². The third kappa shape index (κ3) is 4.81. The fourth-order valence-corrected chi connectivity index (χ4v) is 1.92. The third-order valence-corrected chi connectivity index (χ3v) is 3.04. The summed E-state index contributed by atoms with van der Waals surface area (Å²) in [4.78, 5) is 11.9. The van der Waals surface area contributed by atoms with Crippen LogP contribution in [0.25, 0.3) is 0 Å². The summed E-state index contributed by atoms with van der Waals surface area (Å²) in [6.07, 6.45) is 0. The Balaban J connectivity index is 1.87. The Hall–Kier alpha value is -2.89. The molecule has 23 heavy (non-hydrogen) atoms. The molecule has 0 heterocycles. The zero-order valence-corrected chi connectivity index (χ0v) is 13.2. The Morgan fingerprint density at radius 2 is 1.65 bits per heavy atom. The number of carbonyl (C=O) groups excluding carboxylic acids is 1. The van der Waals surface area contributed by atoms with Crippen LogP contribution in [0.4, 0.5) is 11.4 Å². The van der Waals surface area contributed by atoms with Crippen LogP contribution in [-0.2, 0) is 4.79 Å². The minimum Gasteiger partial charge on any atom is -0.497 e. The fraction of sp³-hybridized carbons (Fsp3) is 0.235. The second-order valence-corrected chi connectivity index (χ2v) is 4.69. The monoisotopic (exact) mass is 316 g/mol. The molecule has 2 rings (SSSR count). The smallest absolute Gasteiger partial charge is 0.262 e. The first-order valence-corrected chi connectivity index (χ1v) is 7.21. The Kier molecular flexibility index (Phi) is 5.68. The number of rotatable bonds is 7.